The van der Waals surface area contributed by atoms with E-state index in [4.69, 9.17) is 10.2 Å². The van der Waals surface area contributed by atoms with Crippen LogP contribution in [0.4, 0.5) is 4.79 Å². The molecule has 1 aliphatic rings. The number of amides is 5. The Bertz CT molecular complexity index is 976. The molecule has 1 saturated heterocycles. The quantitative estimate of drug-likeness (QED) is 0.465. The van der Waals surface area contributed by atoms with Crippen LogP contribution in [0, 0.1) is 0 Å². The highest BCUT2D eigenvalue weighted by Gasteiger charge is 2.44. The summed E-state index contributed by atoms with van der Waals surface area (Å²) in [7, 11) is 0. The Kier molecular flexibility index (Phi) is 7.70. The lowest BCUT2D eigenvalue weighted by molar-refractivity contribution is -0.130. The van der Waals surface area contributed by atoms with Crippen LogP contribution in [0.2, 0.25) is 0 Å². The lowest BCUT2D eigenvalue weighted by Crippen LogP contribution is -2.59. The number of rotatable bonds is 8. The van der Waals surface area contributed by atoms with Gasteiger partial charge in [0.25, 0.3) is 5.91 Å². The van der Waals surface area contributed by atoms with E-state index in [-0.39, 0.29) is 24.8 Å². The number of hydrogen-bond acceptors (Lipinski definition) is 5. The fourth-order valence-corrected chi connectivity index (χ4v) is 3.84. The number of urea groups is 1. The van der Waals surface area contributed by atoms with Gasteiger partial charge >= 0.3 is 6.03 Å². The molecule has 10 nitrogen and oxygen atoms in total. The zero-order valence-electron chi connectivity index (χ0n) is 18.6. The average molecular weight is 456 g/mol. The van der Waals surface area contributed by atoms with Gasteiger partial charge in [-0.05, 0) is 38.0 Å². The lowest BCUT2D eigenvalue weighted by Gasteiger charge is -2.29. The highest BCUT2D eigenvalue weighted by atomic mass is 16.3. The molecule has 10 heteroatoms. The van der Waals surface area contributed by atoms with Gasteiger partial charge in [0.1, 0.15) is 12.1 Å². The number of nitrogens with zero attached hydrogens (tertiary/aromatic N) is 1. The van der Waals surface area contributed by atoms with Crippen LogP contribution in [0.15, 0.2) is 53.1 Å². The Morgan fingerprint density at radius 2 is 1.82 bits per heavy atom. The highest BCUT2D eigenvalue weighted by molar-refractivity contribution is 5.97. The monoisotopic (exact) mass is 455 g/mol. The van der Waals surface area contributed by atoms with Crippen LogP contribution in [0.1, 0.15) is 36.4 Å². The molecular weight excluding hydrogens is 426 g/mol. The van der Waals surface area contributed by atoms with E-state index in [0.717, 1.165) is 5.56 Å². The first kappa shape index (κ1) is 23.8. The molecule has 2 aromatic rings. The average Bonchev–Trinajstić information content (AvgIpc) is 3.43. The zero-order valence-corrected chi connectivity index (χ0v) is 18.6. The van der Waals surface area contributed by atoms with Crippen LogP contribution in [0.5, 0.6) is 0 Å². The maximum absolute atomic E-state index is 13.3. The third kappa shape index (κ3) is 6.12. The second kappa shape index (κ2) is 10.7. The van der Waals surface area contributed by atoms with Gasteiger partial charge in [0.15, 0.2) is 5.76 Å². The Labute approximate surface area is 191 Å². The number of hydrogen-bond donors (Lipinski definition) is 4. The van der Waals surface area contributed by atoms with Gasteiger partial charge in [0.05, 0.1) is 12.3 Å². The van der Waals surface area contributed by atoms with Crippen molar-refractivity contribution in [2.45, 2.75) is 50.9 Å². The molecule has 176 valence electrons. The zero-order chi connectivity index (χ0) is 24.0. The van der Waals surface area contributed by atoms with Crippen LogP contribution in [-0.2, 0) is 16.0 Å². The van der Waals surface area contributed by atoms with E-state index in [0.29, 0.717) is 6.42 Å². The third-order valence-corrected chi connectivity index (χ3v) is 5.34. The van der Waals surface area contributed by atoms with E-state index in [9.17, 15) is 19.2 Å². The molecule has 3 rings (SSSR count). The number of nitrogens with two attached hydrogens (primary N) is 1. The normalized spacial score (nSPS) is 18.6. The third-order valence-electron chi connectivity index (χ3n) is 5.34. The topological polar surface area (TPSA) is 147 Å². The lowest BCUT2D eigenvalue weighted by atomic mass is 10.0. The molecule has 2 heterocycles. The number of carbonyl (C=O) groups is 4. The van der Waals surface area contributed by atoms with Crippen molar-refractivity contribution in [1.82, 2.24) is 20.9 Å². The van der Waals surface area contributed by atoms with Gasteiger partial charge in [0, 0.05) is 19.0 Å². The van der Waals surface area contributed by atoms with Crippen molar-refractivity contribution >= 4 is 23.8 Å². The molecule has 0 aliphatic carbocycles. The number of nitrogens with one attached hydrogen (secondary N) is 3. The Morgan fingerprint density at radius 1 is 1.09 bits per heavy atom. The summed E-state index contributed by atoms with van der Waals surface area (Å²) >= 11 is 0. The van der Waals surface area contributed by atoms with Crippen LogP contribution in [0.25, 0.3) is 0 Å². The van der Waals surface area contributed by atoms with E-state index >= 15 is 0 Å². The fraction of sp³-hybridized carbons (Fsp3) is 0.391. The predicted molar refractivity (Wildman–Crippen MR) is 120 cm³/mol. The minimum absolute atomic E-state index is 0.0795. The van der Waals surface area contributed by atoms with Crippen molar-refractivity contribution in [2.75, 3.05) is 6.54 Å². The molecule has 0 radical (unpaired) electrons. The summed E-state index contributed by atoms with van der Waals surface area (Å²) in [6.07, 6.45) is 1.93. The maximum atomic E-state index is 13.3. The van der Waals surface area contributed by atoms with E-state index in [1.165, 1.54) is 17.2 Å². The SMILES string of the molecule is CC(C)NC(=O)NC1CCN(C(=O)c2ccco2)C1C(=O)NC(Cc1ccccc1)C(N)=O. The summed E-state index contributed by atoms with van der Waals surface area (Å²) in [6, 6.07) is 8.98. The Balaban J connectivity index is 1.80. The van der Waals surface area contributed by atoms with Crippen molar-refractivity contribution < 1.29 is 23.6 Å². The molecule has 33 heavy (non-hydrogen) atoms. The summed E-state index contributed by atoms with van der Waals surface area (Å²) in [5.74, 6) is -1.68. The molecular formula is C23H29N5O5. The number of primary amides is 1. The fourth-order valence-electron chi connectivity index (χ4n) is 3.84. The summed E-state index contributed by atoms with van der Waals surface area (Å²) in [5.41, 5.74) is 6.37. The van der Waals surface area contributed by atoms with E-state index < -0.39 is 41.9 Å². The largest absolute Gasteiger partial charge is 0.459 e. The number of carbonyl (C=O) groups excluding carboxylic acids is 4. The minimum Gasteiger partial charge on any atom is -0.459 e. The minimum atomic E-state index is -1.04. The van der Waals surface area contributed by atoms with Crippen LogP contribution < -0.4 is 21.7 Å². The second-order valence-corrected chi connectivity index (χ2v) is 8.24. The van der Waals surface area contributed by atoms with Crippen molar-refractivity contribution in [1.29, 1.82) is 0 Å². The molecule has 0 spiro atoms. The second-order valence-electron chi connectivity index (χ2n) is 8.24. The van der Waals surface area contributed by atoms with Crippen molar-refractivity contribution in [2.24, 2.45) is 5.73 Å². The van der Waals surface area contributed by atoms with Gasteiger partial charge < -0.3 is 31.0 Å². The molecule has 3 unspecified atom stereocenters. The van der Waals surface area contributed by atoms with Gasteiger partial charge in [-0.3, -0.25) is 14.4 Å². The first-order valence-corrected chi connectivity index (χ1v) is 10.8. The predicted octanol–water partition coefficient (Wildman–Crippen LogP) is 0.783. The Hall–Kier alpha value is -3.82. The molecule has 0 saturated carbocycles. The molecule has 3 atom stereocenters. The van der Waals surface area contributed by atoms with Crippen molar-refractivity contribution in [3.05, 3.63) is 60.1 Å². The molecule has 0 bridgehead atoms. The van der Waals surface area contributed by atoms with Gasteiger partial charge in [-0.15, -0.1) is 0 Å². The van der Waals surface area contributed by atoms with Gasteiger partial charge in [-0.1, -0.05) is 30.3 Å². The first-order valence-electron chi connectivity index (χ1n) is 10.8. The van der Waals surface area contributed by atoms with Crippen LogP contribution >= 0.6 is 0 Å². The Morgan fingerprint density at radius 3 is 2.42 bits per heavy atom. The van der Waals surface area contributed by atoms with E-state index in [2.05, 4.69) is 16.0 Å². The molecule has 1 aliphatic heterocycles. The summed E-state index contributed by atoms with van der Waals surface area (Å²) in [5, 5.41) is 8.16. The van der Waals surface area contributed by atoms with Crippen molar-refractivity contribution in [3.8, 4) is 0 Å². The van der Waals surface area contributed by atoms with Crippen LogP contribution in [-0.4, -0.2) is 59.4 Å². The number of furan rings is 1. The summed E-state index contributed by atoms with van der Waals surface area (Å²) < 4.78 is 5.21. The molecule has 1 aromatic heterocycles. The highest BCUT2D eigenvalue weighted by Crippen LogP contribution is 2.22. The first-order chi connectivity index (χ1) is 15.8. The molecule has 1 fully saturated rings. The van der Waals surface area contributed by atoms with Gasteiger partial charge in [-0.25, -0.2) is 4.79 Å². The smallest absolute Gasteiger partial charge is 0.315 e. The van der Waals surface area contributed by atoms with E-state index in [1.54, 1.807) is 6.07 Å². The standard InChI is InChI=1S/C23H29N5O5/c1-14(2)25-23(32)27-16-10-11-28(22(31)18-9-6-12-33-18)19(16)21(30)26-17(20(24)29)13-15-7-4-3-5-8-15/h3-9,12,14,16-17,19H,10-11,13H2,1-2H3,(H2,24,29)(H,26,30)(H2,25,27,32). The molecule has 1 aromatic carbocycles. The van der Waals surface area contributed by atoms with Gasteiger partial charge in [-0.2, -0.15) is 0 Å². The molecule has 5 N–H and O–H groups in total. The summed E-state index contributed by atoms with van der Waals surface area (Å²) in [4.78, 5) is 52.0. The molecule has 5 amide bonds. The number of likely N-dealkylation sites (tertiary alicyclic amines) is 1. The number of benzene rings is 1. The summed E-state index contributed by atoms with van der Waals surface area (Å²) in [6.45, 7) is 3.85. The van der Waals surface area contributed by atoms with Crippen molar-refractivity contribution in [3.63, 3.8) is 0 Å². The maximum Gasteiger partial charge on any atom is 0.315 e. The van der Waals surface area contributed by atoms with Crippen LogP contribution in [0.3, 0.4) is 0 Å². The van der Waals surface area contributed by atoms with Gasteiger partial charge in [0.2, 0.25) is 11.8 Å². The van der Waals surface area contributed by atoms with E-state index in [1.807, 2.05) is 44.2 Å².